The van der Waals surface area contributed by atoms with Gasteiger partial charge < -0.3 is 15.8 Å². The largest absolute Gasteiger partial charge is 0.494 e. The number of hydrogen-bond donors (Lipinski definition) is 2. The normalized spacial score (nSPS) is 10.2. The third-order valence-corrected chi connectivity index (χ3v) is 2.89. The zero-order valence-corrected chi connectivity index (χ0v) is 11.7. The number of nitrogens with two attached hydrogens (primary N) is 1. The average molecular weight is 288 g/mol. The molecule has 2 rings (SSSR count). The lowest BCUT2D eigenvalue weighted by atomic mass is 10.1. The molecule has 0 unspecified atom stereocenters. The highest BCUT2D eigenvalue weighted by molar-refractivity contribution is 5.95. The van der Waals surface area contributed by atoms with Crippen LogP contribution in [0.1, 0.15) is 12.5 Å². The Balaban J connectivity index is 1.98. The van der Waals surface area contributed by atoms with E-state index in [0.29, 0.717) is 12.3 Å². The molecule has 2 aromatic rings. The predicted molar refractivity (Wildman–Crippen MR) is 80.8 cm³/mol. The minimum Gasteiger partial charge on any atom is -0.494 e. The molecule has 4 nitrogen and oxygen atoms in total. The van der Waals surface area contributed by atoms with Gasteiger partial charge in [0.15, 0.2) is 0 Å². The summed E-state index contributed by atoms with van der Waals surface area (Å²) in [7, 11) is 0. The van der Waals surface area contributed by atoms with Crippen molar-refractivity contribution in [2.45, 2.75) is 13.3 Å². The number of carbonyl (C=O) groups is 1. The van der Waals surface area contributed by atoms with Crippen molar-refractivity contribution in [3.63, 3.8) is 0 Å². The van der Waals surface area contributed by atoms with Crippen molar-refractivity contribution < 1.29 is 13.9 Å². The Bertz CT molecular complexity index is 627. The van der Waals surface area contributed by atoms with Gasteiger partial charge in [0.1, 0.15) is 11.6 Å². The first-order chi connectivity index (χ1) is 10.1. The Kier molecular flexibility index (Phi) is 4.77. The lowest BCUT2D eigenvalue weighted by Gasteiger charge is -2.09. The Hall–Kier alpha value is -2.56. The zero-order chi connectivity index (χ0) is 15.2. The number of hydrogen-bond acceptors (Lipinski definition) is 3. The van der Waals surface area contributed by atoms with Gasteiger partial charge in [-0.25, -0.2) is 4.39 Å². The van der Waals surface area contributed by atoms with Crippen molar-refractivity contribution in [1.82, 2.24) is 0 Å². The molecule has 21 heavy (non-hydrogen) atoms. The van der Waals surface area contributed by atoms with Gasteiger partial charge in [-0.1, -0.05) is 12.1 Å². The maximum absolute atomic E-state index is 12.9. The number of anilines is 2. The van der Waals surface area contributed by atoms with Crippen molar-refractivity contribution in [3.8, 4) is 5.75 Å². The first-order valence-electron chi connectivity index (χ1n) is 6.65. The summed E-state index contributed by atoms with van der Waals surface area (Å²) >= 11 is 0. The molecule has 0 fully saturated rings. The van der Waals surface area contributed by atoms with Crippen LogP contribution < -0.4 is 15.8 Å². The second-order valence-corrected chi connectivity index (χ2v) is 4.53. The minimum atomic E-state index is -0.433. The van der Waals surface area contributed by atoms with Crippen LogP contribution in [0.3, 0.4) is 0 Å². The smallest absolute Gasteiger partial charge is 0.228 e. The van der Waals surface area contributed by atoms with Crippen molar-refractivity contribution in [3.05, 3.63) is 53.8 Å². The molecule has 0 atom stereocenters. The number of rotatable bonds is 5. The Morgan fingerprint density at radius 2 is 1.95 bits per heavy atom. The molecule has 110 valence electrons. The highest BCUT2D eigenvalue weighted by Crippen LogP contribution is 2.19. The van der Waals surface area contributed by atoms with Crippen molar-refractivity contribution >= 4 is 17.3 Å². The first-order valence-corrected chi connectivity index (χ1v) is 6.65. The van der Waals surface area contributed by atoms with Gasteiger partial charge in [0.25, 0.3) is 0 Å². The maximum atomic E-state index is 12.9. The van der Waals surface area contributed by atoms with E-state index in [2.05, 4.69) is 5.32 Å². The predicted octanol–water partition coefficient (Wildman–Crippen LogP) is 2.99. The summed E-state index contributed by atoms with van der Waals surface area (Å²) < 4.78 is 18.3. The summed E-state index contributed by atoms with van der Waals surface area (Å²) in [5.74, 6) is 0.124. The van der Waals surface area contributed by atoms with E-state index >= 15 is 0 Å². The van der Waals surface area contributed by atoms with Crippen LogP contribution in [0.5, 0.6) is 5.75 Å². The second-order valence-electron chi connectivity index (χ2n) is 4.53. The number of nitrogens with one attached hydrogen (secondary N) is 1. The molecule has 3 N–H and O–H groups in total. The molecule has 0 heterocycles. The van der Waals surface area contributed by atoms with Crippen LogP contribution in [0, 0.1) is 5.82 Å². The summed E-state index contributed by atoms with van der Waals surface area (Å²) in [6.07, 6.45) is 0.212. The summed E-state index contributed by atoms with van der Waals surface area (Å²) in [6, 6.07) is 11.2. The molecule has 5 heteroatoms. The number of carbonyl (C=O) groups excluding carboxylic acids is 1. The van der Waals surface area contributed by atoms with Gasteiger partial charge in [-0.05, 0) is 42.8 Å². The van der Waals surface area contributed by atoms with Crippen LogP contribution in [0.15, 0.2) is 42.5 Å². The van der Waals surface area contributed by atoms with Crippen LogP contribution in [-0.4, -0.2) is 12.5 Å². The van der Waals surface area contributed by atoms with E-state index in [1.54, 1.807) is 0 Å². The van der Waals surface area contributed by atoms with Crippen LogP contribution in [0.2, 0.25) is 0 Å². The highest BCUT2D eigenvalue weighted by atomic mass is 19.1. The summed E-state index contributed by atoms with van der Waals surface area (Å²) in [6.45, 7) is 2.51. The molecule has 0 saturated carbocycles. The Labute approximate surface area is 122 Å². The molecule has 1 amide bonds. The monoisotopic (exact) mass is 288 g/mol. The van der Waals surface area contributed by atoms with Crippen LogP contribution in [-0.2, 0) is 11.2 Å². The minimum absolute atomic E-state index is 0.204. The molecule has 0 saturated heterocycles. The SMILES string of the molecule is CCOc1ccc(CC(=O)Nc2ccc(F)cc2N)cc1. The second kappa shape index (κ2) is 6.74. The van der Waals surface area contributed by atoms with E-state index in [4.69, 9.17) is 10.5 Å². The van der Waals surface area contributed by atoms with Gasteiger partial charge in [0.05, 0.1) is 24.4 Å². The molecule has 0 aliphatic carbocycles. The average Bonchev–Trinajstić information content (AvgIpc) is 2.44. The van der Waals surface area contributed by atoms with Gasteiger partial charge in [0.2, 0.25) is 5.91 Å². The third kappa shape index (κ3) is 4.21. The fourth-order valence-corrected chi connectivity index (χ4v) is 1.90. The quantitative estimate of drug-likeness (QED) is 0.831. The summed E-state index contributed by atoms with van der Waals surface area (Å²) in [5, 5.41) is 2.66. The molecule has 0 bridgehead atoms. The number of ether oxygens (including phenoxy) is 1. The molecule has 2 aromatic carbocycles. The van der Waals surface area contributed by atoms with E-state index in [-0.39, 0.29) is 18.0 Å². The van der Waals surface area contributed by atoms with Crippen molar-refractivity contribution in [2.75, 3.05) is 17.7 Å². The molecule has 0 spiro atoms. The summed E-state index contributed by atoms with van der Waals surface area (Å²) in [4.78, 5) is 11.9. The Morgan fingerprint density at radius 1 is 1.24 bits per heavy atom. The fraction of sp³-hybridized carbons (Fsp3) is 0.188. The summed E-state index contributed by atoms with van der Waals surface area (Å²) in [5.41, 5.74) is 7.12. The van der Waals surface area contributed by atoms with Crippen molar-refractivity contribution in [1.29, 1.82) is 0 Å². The van der Waals surface area contributed by atoms with Gasteiger partial charge in [-0.3, -0.25) is 4.79 Å². The number of amides is 1. The zero-order valence-electron chi connectivity index (χ0n) is 11.7. The Morgan fingerprint density at radius 3 is 2.57 bits per heavy atom. The lowest BCUT2D eigenvalue weighted by molar-refractivity contribution is -0.115. The van der Waals surface area contributed by atoms with Crippen LogP contribution >= 0.6 is 0 Å². The molecular weight excluding hydrogens is 271 g/mol. The first kappa shape index (κ1) is 14.8. The molecule has 0 aromatic heterocycles. The number of halogens is 1. The number of nitrogen functional groups attached to an aromatic ring is 1. The van der Waals surface area contributed by atoms with E-state index in [1.165, 1.54) is 18.2 Å². The highest BCUT2D eigenvalue weighted by Gasteiger charge is 2.07. The van der Waals surface area contributed by atoms with Crippen LogP contribution in [0.4, 0.5) is 15.8 Å². The standard InChI is InChI=1S/C16H17FN2O2/c1-2-21-13-6-3-11(4-7-13)9-16(20)19-15-8-5-12(17)10-14(15)18/h3-8,10H,2,9,18H2,1H3,(H,19,20). The molecular formula is C16H17FN2O2. The van der Waals surface area contributed by atoms with E-state index in [9.17, 15) is 9.18 Å². The van der Waals surface area contributed by atoms with E-state index in [0.717, 1.165) is 11.3 Å². The van der Waals surface area contributed by atoms with Gasteiger partial charge >= 0.3 is 0 Å². The van der Waals surface area contributed by atoms with E-state index in [1.807, 2.05) is 31.2 Å². The third-order valence-electron chi connectivity index (χ3n) is 2.89. The number of benzene rings is 2. The lowest BCUT2D eigenvalue weighted by Crippen LogP contribution is -2.15. The van der Waals surface area contributed by atoms with Gasteiger partial charge in [-0.2, -0.15) is 0 Å². The van der Waals surface area contributed by atoms with E-state index < -0.39 is 5.82 Å². The van der Waals surface area contributed by atoms with Crippen molar-refractivity contribution in [2.24, 2.45) is 0 Å². The topological polar surface area (TPSA) is 64.3 Å². The fourth-order valence-electron chi connectivity index (χ4n) is 1.90. The van der Waals surface area contributed by atoms with Crippen LogP contribution in [0.25, 0.3) is 0 Å². The van der Waals surface area contributed by atoms with Gasteiger partial charge in [0, 0.05) is 0 Å². The van der Waals surface area contributed by atoms with Gasteiger partial charge in [-0.15, -0.1) is 0 Å². The molecule has 0 radical (unpaired) electrons. The molecule has 0 aliphatic heterocycles. The maximum Gasteiger partial charge on any atom is 0.228 e. The molecule has 0 aliphatic rings.